The third-order valence-corrected chi connectivity index (χ3v) is 3.37. The lowest BCUT2D eigenvalue weighted by atomic mass is 10.3. The number of halogens is 1. The van der Waals surface area contributed by atoms with Gasteiger partial charge in [0.05, 0.1) is 13.2 Å². The molecule has 0 aliphatic carbocycles. The number of ether oxygens (including phenoxy) is 2. The number of anilines is 1. The number of nitrogens with one attached hydrogen (secondary N) is 2. The van der Waals surface area contributed by atoms with E-state index in [2.05, 4.69) is 26.6 Å². The summed E-state index contributed by atoms with van der Waals surface area (Å²) in [5.74, 6) is 1.54. The standard InChI is InChI=1S/C17H19BrN2O3/c1-2-22-15-8-6-14(7-9-15)20-17(21)19-10-11-23-16-5-3-4-13(18)12-16/h3-9,12H,2,10-11H2,1H3,(H2,19,20,21). The number of amides is 2. The van der Waals surface area contributed by atoms with Gasteiger partial charge in [-0.15, -0.1) is 0 Å². The summed E-state index contributed by atoms with van der Waals surface area (Å²) in [6.07, 6.45) is 0. The fourth-order valence-corrected chi connectivity index (χ4v) is 2.24. The average Bonchev–Trinajstić information content (AvgIpc) is 2.54. The Kier molecular flexibility index (Phi) is 6.75. The molecule has 2 amide bonds. The van der Waals surface area contributed by atoms with Gasteiger partial charge in [-0.3, -0.25) is 0 Å². The summed E-state index contributed by atoms with van der Waals surface area (Å²) in [4.78, 5) is 11.8. The molecule has 122 valence electrons. The molecular formula is C17H19BrN2O3. The SMILES string of the molecule is CCOc1ccc(NC(=O)NCCOc2cccc(Br)c2)cc1. The van der Waals surface area contributed by atoms with E-state index in [0.29, 0.717) is 25.4 Å². The lowest BCUT2D eigenvalue weighted by molar-refractivity contribution is 0.247. The number of urea groups is 1. The Balaban J connectivity index is 1.68. The molecule has 2 N–H and O–H groups in total. The molecule has 0 aromatic heterocycles. The summed E-state index contributed by atoms with van der Waals surface area (Å²) in [5, 5.41) is 5.49. The minimum Gasteiger partial charge on any atom is -0.494 e. The van der Waals surface area contributed by atoms with Gasteiger partial charge in [-0.1, -0.05) is 22.0 Å². The lowest BCUT2D eigenvalue weighted by Crippen LogP contribution is -2.32. The van der Waals surface area contributed by atoms with Crippen molar-refractivity contribution in [3.63, 3.8) is 0 Å². The van der Waals surface area contributed by atoms with Crippen molar-refractivity contribution in [2.75, 3.05) is 25.1 Å². The van der Waals surface area contributed by atoms with Crippen LogP contribution in [0.1, 0.15) is 6.92 Å². The molecule has 0 aliphatic heterocycles. The van der Waals surface area contributed by atoms with Crippen molar-refractivity contribution < 1.29 is 14.3 Å². The molecule has 0 aliphatic rings. The van der Waals surface area contributed by atoms with Gasteiger partial charge in [0.15, 0.2) is 0 Å². The maximum Gasteiger partial charge on any atom is 0.319 e. The highest BCUT2D eigenvalue weighted by molar-refractivity contribution is 9.10. The highest BCUT2D eigenvalue weighted by Crippen LogP contribution is 2.17. The van der Waals surface area contributed by atoms with Crippen molar-refractivity contribution in [1.29, 1.82) is 0 Å². The van der Waals surface area contributed by atoms with E-state index < -0.39 is 0 Å². The van der Waals surface area contributed by atoms with Crippen LogP contribution in [0.5, 0.6) is 11.5 Å². The Morgan fingerprint density at radius 1 is 1.09 bits per heavy atom. The Morgan fingerprint density at radius 3 is 2.57 bits per heavy atom. The van der Waals surface area contributed by atoms with Gasteiger partial charge >= 0.3 is 6.03 Å². The number of benzene rings is 2. The molecule has 0 saturated heterocycles. The first-order chi connectivity index (χ1) is 11.2. The summed E-state index contributed by atoms with van der Waals surface area (Å²) in [5.41, 5.74) is 0.707. The van der Waals surface area contributed by atoms with Crippen molar-refractivity contribution >= 4 is 27.6 Å². The van der Waals surface area contributed by atoms with Crippen LogP contribution in [-0.2, 0) is 0 Å². The van der Waals surface area contributed by atoms with Crippen LogP contribution in [0.15, 0.2) is 53.0 Å². The van der Waals surface area contributed by atoms with Crippen LogP contribution in [0.4, 0.5) is 10.5 Å². The van der Waals surface area contributed by atoms with E-state index >= 15 is 0 Å². The first-order valence-electron chi connectivity index (χ1n) is 7.33. The molecule has 0 unspecified atom stereocenters. The van der Waals surface area contributed by atoms with E-state index in [4.69, 9.17) is 9.47 Å². The summed E-state index contributed by atoms with van der Waals surface area (Å²) in [6.45, 7) is 3.35. The smallest absolute Gasteiger partial charge is 0.319 e. The van der Waals surface area contributed by atoms with E-state index in [-0.39, 0.29) is 6.03 Å². The third-order valence-electron chi connectivity index (χ3n) is 2.88. The molecule has 0 radical (unpaired) electrons. The van der Waals surface area contributed by atoms with Crippen LogP contribution in [0.3, 0.4) is 0 Å². The largest absolute Gasteiger partial charge is 0.494 e. The molecule has 5 nitrogen and oxygen atoms in total. The Labute approximate surface area is 144 Å². The first kappa shape index (κ1) is 17.1. The topological polar surface area (TPSA) is 59.6 Å². The van der Waals surface area contributed by atoms with Crippen molar-refractivity contribution in [3.8, 4) is 11.5 Å². The maximum atomic E-state index is 11.8. The molecule has 0 spiro atoms. The normalized spacial score (nSPS) is 10.0. The number of carbonyl (C=O) groups is 1. The Bertz CT molecular complexity index is 632. The number of hydrogen-bond acceptors (Lipinski definition) is 3. The van der Waals surface area contributed by atoms with Gasteiger partial charge in [0.25, 0.3) is 0 Å². The zero-order valence-corrected chi connectivity index (χ0v) is 14.4. The van der Waals surface area contributed by atoms with Gasteiger partial charge in [-0.25, -0.2) is 4.79 Å². The second-order valence-corrected chi connectivity index (χ2v) is 5.56. The van der Waals surface area contributed by atoms with Crippen LogP contribution < -0.4 is 20.1 Å². The number of rotatable bonds is 7. The van der Waals surface area contributed by atoms with Crippen LogP contribution in [0.25, 0.3) is 0 Å². The fraction of sp³-hybridized carbons (Fsp3) is 0.235. The van der Waals surface area contributed by atoms with E-state index in [1.165, 1.54) is 0 Å². The van der Waals surface area contributed by atoms with E-state index in [0.717, 1.165) is 16.0 Å². The van der Waals surface area contributed by atoms with E-state index in [1.54, 1.807) is 12.1 Å². The molecule has 2 rings (SSSR count). The Hall–Kier alpha value is -2.21. The molecule has 0 heterocycles. The van der Waals surface area contributed by atoms with Gasteiger partial charge in [-0.2, -0.15) is 0 Å². The zero-order chi connectivity index (χ0) is 16.5. The quantitative estimate of drug-likeness (QED) is 0.714. The van der Waals surface area contributed by atoms with E-state index in [1.807, 2.05) is 43.3 Å². The molecule has 0 fully saturated rings. The minimum atomic E-state index is -0.271. The van der Waals surface area contributed by atoms with E-state index in [9.17, 15) is 4.79 Å². The van der Waals surface area contributed by atoms with Crippen molar-refractivity contribution in [1.82, 2.24) is 5.32 Å². The average molecular weight is 379 g/mol. The van der Waals surface area contributed by atoms with Gasteiger partial charge in [0, 0.05) is 10.2 Å². The molecule has 0 bridgehead atoms. The van der Waals surface area contributed by atoms with Crippen molar-refractivity contribution in [2.24, 2.45) is 0 Å². The lowest BCUT2D eigenvalue weighted by Gasteiger charge is -2.10. The Morgan fingerprint density at radius 2 is 1.87 bits per heavy atom. The molecular weight excluding hydrogens is 360 g/mol. The van der Waals surface area contributed by atoms with Crippen molar-refractivity contribution in [2.45, 2.75) is 6.92 Å². The molecule has 2 aromatic rings. The number of carbonyl (C=O) groups excluding carboxylic acids is 1. The molecule has 23 heavy (non-hydrogen) atoms. The number of hydrogen-bond donors (Lipinski definition) is 2. The minimum absolute atomic E-state index is 0.271. The maximum absolute atomic E-state index is 11.8. The summed E-state index contributed by atoms with van der Waals surface area (Å²) in [7, 11) is 0. The summed E-state index contributed by atoms with van der Waals surface area (Å²) < 4.78 is 11.8. The predicted octanol–water partition coefficient (Wildman–Crippen LogP) is 4.05. The second-order valence-electron chi connectivity index (χ2n) is 4.64. The van der Waals surface area contributed by atoms with Gasteiger partial charge in [-0.05, 0) is 49.4 Å². The monoisotopic (exact) mass is 378 g/mol. The van der Waals surface area contributed by atoms with Crippen LogP contribution in [-0.4, -0.2) is 25.8 Å². The first-order valence-corrected chi connectivity index (χ1v) is 8.13. The summed E-state index contributed by atoms with van der Waals surface area (Å²) >= 11 is 3.38. The molecule has 2 aromatic carbocycles. The van der Waals surface area contributed by atoms with Gasteiger partial charge in [0.2, 0.25) is 0 Å². The van der Waals surface area contributed by atoms with Gasteiger partial charge in [0.1, 0.15) is 18.1 Å². The molecule has 0 saturated carbocycles. The third kappa shape index (κ3) is 6.20. The highest BCUT2D eigenvalue weighted by atomic mass is 79.9. The molecule has 0 atom stereocenters. The van der Waals surface area contributed by atoms with Crippen molar-refractivity contribution in [3.05, 3.63) is 53.0 Å². The highest BCUT2D eigenvalue weighted by Gasteiger charge is 2.02. The zero-order valence-electron chi connectivity index (χ0n) is 12.8. The molecule has 6 heteroatoms. The summed E-state index contributed by atoms with van der Waals surface area (Å²) in [6, 6.07) is 14.5. The fourth-order valence-electron chi connectivity index (χ4n) is 1.87. The van der Waals surface area contributed by atoms with Crippen LogP contribution in [0.2, 0.25) is 0 Å². The van der Waals surface area contributed by atoms with Crippen LogP contribution >= 0.6 is 15.9 Å². The van der Waals surface area contributed by atoms with Gasteiger partial charge < -0.3 is 20.1 Å². The van der Waals surface area contributed by atoms with Crippen LogP contribution in [0, 0.1) is 0 Å². The second kappa shape index (κ2) is 9.05. The predicted molar refractivity (Wildman–Crippen MR) is 94.3 cm³/mol.